The number of pyridine rings is 1. The molecular weight excluding hydrogens is 260 g/mol. The molecule has 0 bridgehead atoms. The van der Waals surface area contributed by atoms with Gasteiger partial charge in [0.1, 0.15) is 10.6 Å². The molecule has 0 atom stereocenters. The van der Waals surface area contributed by atoms with Gasteiger partial charge in [0.2, 0.25) is 0 Å². The standard InChI is InChI=1S/C13H16N4OS/c1-2-3-7-16-13(18)12-10(14)11(17-19-12)9-6-4-5-8-15-9/h4-6,8H,2-3,7,14H2,1H3,(H,16,18). The van der Waals surface area contributed by atoms with Crippen molar-refractivity contribution in [1.82, 2.24) is 14.7 Å². The van der Waals surface area contributed by atoms with Crippen LogP contribution >= 0.6 is 11.5 Å². The number of carbonyl (C=O) groups excluding carboxylic acids is 1. The van der Waals surface area contributed by atoms with Gasteiger partial charge < -0.3 is 11.1 Å². The van der Waals surface area contributed by atoms with Crippen LogP contribution in [0, 0.1) is 0 Å². The van der Waals surface area contributed by atoms with E-state index in [1.165, 1.54) is 0 Å². The number of nitrogens with one attached hydrogen (secondary N) is 1. The quantitative estimate of drug-likeness (QED) is 0.821. The van der Waals surface area contributed by atoms with Gasteiger partial charge in [-0.1, -0.05) is 19.4 Å². The van der Waals surface area contributed by atoms with Crippen molar-refractivity contribution < 1.29 is 4.79 Å². The van der Waals surface area contributed by atoms with E-state index in [9.17, 15) is 4.79 Å². The fraction of sp³-hybridized carbons (Fsp3) is 0.308. The van der Waals surface area contributed by atoms with Gasteiger partial charge >= 0.3 is 0 Å². The number of nitrogens with two attached hydrogens (primary N) is 1. The largest absolute Gasteiger partial charge is 0.396 e. The van der Waals surface area contributed by atoms with Crippen molar-refractivity contribution in [2.45, 2.75) is 19.8 Å². The Morgan fingerprint density at radius 3 is 3.00 bits per heavy atom. The maximum absolute atomic E-state index is 11.9. The van der Waals surface area contributed by atoms with Crippen LogP contribution in [0.15, 0.2) is 24.4 Å². The molecule has 0 aliphatic carbocycles. The molecule has 100 valence electrons. The number of nitrogens with zero attached hydrogens (tertiary/aromatic N) is 2. The third-order valence-corrected chi connectivity index (χ3v) is 3.52. The molecule has 0 aliphatic rings. The van der Waals surface area contributed by atoms with Crippen LogP contribution in [0.5, 0.6) is 0 Å². The molecule has 0 saturated carbocycles. The molecule has 0 aliphatic heterocycles. The highest BCUT2D eigenvalue weighted by atomic mass is 32.1. The van der Waals surface area contributed by atoms with E-state index in [-0.39, 0.29) is 5.91 Å². The normalized spacial score (nSPS) is 10.4. The first-order valence-electron chi connectivity index (χ1n) is 6.18. The van der Waals surface area contributed by atoms with Crippen molar-refractivity contribution >= 4 is 23.1 Å². The van der Waals surface area contributed by atoms with E-state index in [0.29, 0.717) is 28.5 Å². The van der Waals surface area contributed by atoms with Crippen molar-refractivity contribution in [3.63, 3.8) is 0 Å². The van der Waals surface area contributed by atoms with E-state index in [0.717, 1.165) is 24.4 Å². The summed E-state index contributed by atoms with van der Waals surface area (Å²) < 4.78 is 4.23. The lowest BCUT2D eigenvalue weighted by Crippen LogP contribution is -2.24. The van der Waals surface area contributed by atoms with Crippen LogP contribution < -0.4 is 11.1 Å². The highest BCUT2D eigenvalue weighted by molar-refractivity contribution is 7.09. The minimum absolute atomic E-state index is 0.161. The summed E-state index contributed by atoms with van der Waals surface area (Å²) in [7, 11) is 0. The SMILES string of the molecule is CCCCNC(=O)c1snc(-c2ccccn2)c1N. The Morgan fingerprint density at radius 2 is 2.32 bits per heavy atom. The monoisotopic (exact) mass is 276 g/mol. The van der Waals surface area contributed by atoms with E-state index in [1.807, 2.05) is 18.2 Å². The Morgan fingerprint density at radius 1 is 1.47 bits per heavy atom. The Kier molecular flexibility index (Phi) is 4.46. The molecule has 0 unspecified atom stereocenters. The molecule has 0 spiro atoms. The number of carbonyl (C=O) groups is 1. The van der Waals surface area contributed by atoms with E-state index in [4.69, 9.17) is 5.73 Å². The molecular formula is C13H16N4OS. The van der Waals surface area contributed by atoms with Gasteiger partial charge in [0.15, 0.2) is 0 Å². The summed E-state index contributed by atoms with van der Waals surface area (Å²) in [6.07, 6.45) is 3.67. The zero-order valence-electron chi connectivity index (χ0n) is 10.7. The van der Waals surface area contributed by atoms with Gasteiger partial charge in [-0.05, 0) is 30.1 Å². The average Bonchev–Trinajstić information content (AvgIpc) is 2.82. The first-order valence-corrected chi connectivity index (χ1v) is 6.96. The van der Waals surface area contributed by atoms with Crippen LogP contribution in [-0.2, 0) is 0 Å². The summed E-state index contributed by atoms with van der Waals surface area (Å²) in [6, 6.07) is 5.51. The van der Waals surface area contributed by atoms with E-state index in [2.05, 4.69) is 21.6 Å². The third kappa shape index (κ3) is 3.08. The first kappa shape index (κ1) is 13.5. The van der Waals surface area contributed by atoms with Crippen molar-refractivity contribution in [2.75, 3.05) is 12.3 Å². The molecule has 5 nitrogen and oxygen atoms in total. The van der Waals surface area contributed by atoms with Gasteiger partial charge in [-0.25, -0.2) is 0 Å². The van der Waals surface area contributed by atoms with Gasteiger partial charge in [0.25, 0.3) is 5.91 Å². The van der Waals surface area contributed by atoms with E-state index in [1.54, 1.807) is 6.20 Å². The van der Waals surface area contributed by atoms with Crippen LogP contribution in [0.1, 0.15) is 29.4 Å². The lowest BCUT2D eigenvalue weighted by molar-refractivity contribution is 0.0958. The van der Waals surface area contributed by atoms with Crippen LogP contribution in [0.4, 0.5) is 5.69 Å². The lowest BCUT2D eigenvalue weighted by Gasteiger charge is -2.02. The van der Waals surface area contributed by atoms with E-state index < -0.39 is 0 Å². The van der Waals surface area contributed by atoms with Gasteiger partial charge in [-0.3, -0.25) is 9.78 Å². The minimum Gasteiger partial charge on any atom is -0.396 e. The molecule has 0 aromatic carbocycles. The zero-order chi connectivity index (χ0) is 13.7. The Balaban J connectivity index is 2.17. The van der Waals surface area contributed by atoms with Crippen LogP contribution in [0.2, 0.25) is 0 Å². The molecule has 0 fully saturated rings. The Labute approximate surface area is 116 Å². The number of amides is 1. The fourth-order valence-corrected chi connectivity index (χ4v) is 2.33. The van der Waals surface area contributed by atoms with Gasteiger partial charge in [0, 0.05) is 12.7 Å². The molecule has 3 N–H and O–H groups in total. The maximum Gasteiger partial charge on any atom is 0.265 e. The predicted octanol–water partition coefficient (Wildman–Crippen LogP) is 2.32. The summed E-state index contributed by atoms with van der Waals surface area (Å²) in [5.41, 5.74) is 7.65. The molecule has 2 aromatic heterocycles. The smallest absolute Gasteiger partial charge is 0.265 e. The Bertz CT molecular complexity index is 553. The average molecular weight is 276 g/mol. The second-order valence-electron chi connectivity index (χ2n) is 4.10. The summed E-state index contributed by atoms with van der Waals surface area (Å²) in [5, 5.41) is 2.84. The molecule has 2 aromatic rings. The highest BCUT2D eigenvalue weighted by Crippen LogP contribution is 2.29. The van der Waals surface area contributed by atoms with E-state index >= 15 is 0 Å². The highest BCUT2D eigenvalue weighted by Gasteiger charge is 2.18. The number of nitrogen functional groups attached to an aromatic ring is 1. The number of unbranched alkanes of at least 4 members (excludes halogenated alkanes) is 1. The van der Waals surface area contributed by atoms with Crippen LogP contribution in [-0.4, -0.2) is 21.8 Å². The predicted molar refractivity (Wildman–Crippen MR) is 77.0 cm³/mol. The van der Waals surface area contributed by atoms with Crippen molar-refractivity contribution in [3.8, 4) is 11.4 Å². The molecule has 0 radical (unpaired) electrons. The number of aromatic nitrogens is 2. The third-order valence-electron chi connectivity index (χ3n) is 2.66. The van der Waals surface area contributed by atoms with Crippen molar-refractivity contribution in [1.29, 1.82) is 0 Å². The number of hydrogen-bond acceptors (Lipinski definition) is 5. The van der Waals surface area contributed by atoms with Crippen molar-refractivity contribution in [2.24, 2.45) is 0 Å². The summed E-state index contributed by atoms with van der Waals surface area (Å²) >= 11 is 1.11. The maximum atomic E-state index is 11.9. The Hall–Kier alpha value is -1.95. The molecule has 6 heteroatoms. The van der Waals surface area contributed by atoms with Crippen LogP contribution in [0.3, 0.4) is 0 Å². The topological polar surface area (TPSA) is 80.9 Å². The number of rotatable bonds is 5. The van der Waals surface area contributed by atoms with Gasteiger partial charge in [-0.15, -0.1) is 0 Å². The van der Waals surface area contributed by atoms with Crippen LogP contribution in [0.25, 0.3) is 11.4 Å². The molecule has 2 heterocycles. The molecule has 0 saturated heterocycles. The van der Waals surface area contributed by atoms with Gasteiger partial charge in [-0.2, -0.15) is 4.37 Å². The second kappa shape index (κ2) is 6.29. The fourth-order valence-electron chi connectivity index (χ4n) is 1.61. The summed E-state index contributed by atoms with van der Waals surface area (Å²) in [6.45, 7) is 2.73. The number of anilines is 1. The zero-order valence-corrected chi connectivity index (χ0v) is 11.5. The van der Waals surface area contributed by atoms with Crippen molar-refractivity contribution in [3.05, 3.63) is 29.3 Å². The van der Waals surface area contributed by atoms with Gasteiger partial charge in [0.05, 0.1) is 11.4 Å². The minimum atomic E-state index is -0.161. The summed E-state index contributed by atoms with van der Waals surface area (Å²) in [5.74, 6) is -0.161. The lowest BCUT2D eigenvalue weighted by atomic mass is 10.2. The first-order chi connectivity index (χ1) is 9.24. The second-order valence-corrected chi connectivity index (χ2v) is 4.87. The molecule has 19 heavy (non-hydrogen) atoms. The molecule has 2 rings (SSSR count). The molecule has 1 amide bonds. The number of hydrogen-bond donors (Lipinski definition) is 2. The summed E-state index contributed by atoms with van der Waals surface area (Å²) in [4.78, 5) is 16.6.